The van der Waals surface area contributed by atoms with Crippen LogP contribution in [0.1, 0.15) is 24.1 Å². The van der Waals surface area contributed by atoms with Crippen molar-refractivity contribution in [2.24, 2.45) is 5.41 Å². The zero-order valence-corrected chi connectivity index (χ0v) is 14.2. The lowest BCUT2D eigenvalue weighted by atomic mass is 9.78. The molecular formula is C17H20N2OS2. The first kappa shape index (κ1) is 14.4. The van der Waals surface area contributed by atoms with E-state index in [2.05, 4.69) is 39.2 Å². The van der Waals surface area contributed by atoms with E-state index in [-0.39, 0.29) is 5.41 Å². The van der Waals surface area contributed by atoms with Gasteiger partial charge < -0.3 is 4.90 Å². The van der Waals surface area contributed by atoms with Gasteiger partial charge in [0.1, 0.15) is 0 Å². The van der Waals surface area contributed by atoms with E-state index < -0.39 is 0 Å². The molecule has 0 bridgehead atoms. The molecule has 116 valence electrons. The van der Waals surface area contributed by atoms with Crippen LogP contribution in [0.15, 0.2) is 34.3 Å². The SMILES string of the molecule is O=C1N(c2ccsc2)CCC12CCCN(Cc1cccs1)C2. The smallest absolute Gasteiger partial charge is 0.234 e. The number of anilines is 1. The van der Waals surface area contributed by atoms with Gasteiger partial charge in [0.2, 0.25) is 5.91 Å². The molecule has 1 unspecified atom stereocenters. The Hall–Kier alpha value is -1.17. The van der Waals surface area contributed by atoms with Crippen LogP contribution in [0.25, 0.3) is 0 Å². The van der Waals surface area contributed by atoms with Gasteiger partial charge >= 0.3 is 0 Å². The number of nitrogens with zero attached hydrogens (tertiary/aromatic N) is 2. The molecule has 2 aromatic rings. The van der Waals surface area contributed by atoms with E-state index in [1.54, 1.807) is 11.3 Å². The Kier molecular flexibility index (Phi) is 3.80. The molecular weight excluding hydrogens is 312 g/mol. The van der Waals surface area contributed by atoms with Crippen molar-refractivity contribution in [3.8, 4) is 0 Å². The fourth-order valence-electron chi connectivity index (χ4n) is 3.84. The molecule has 2 aliphatic rings. The van der Waals surface area contributed by atoms with Gasteiger partial charge in [-0.25, -0.2) is 0 Å². The van der Waals surface area contributed by atoms with Crippen molar-refractivity contribution in [2.75, 3.05) is 24.5 Å². The number of hydrogen-bond donors (Lipinski definition) is 0. The maximum atomic E-state index is 13.0. The van der Waals surface area contributed by atoms with Gasteiger partial charge in [-0.1, -0.05) is 6.07 Å². The van der Waals surface area contributed by atoms with E-state index in [0.717, 1.165) is 51.1 Å². The first-order chi connectivity index (χ1) is 10.8. The lowest BCUT2D eigenvalue weighted by Crippen LogP contribution is -2.47. The summed E-state index contributed by atoms with van der Waals surface area (Å²) in [5.74, 6) is 0.349. The zero-order chi connectivity index (χ0) is 15.0. The van der Waals surface area contributed by atoms with Gasteiger partial charge in [0.15, 0.2) is 0 Å². The van der Waals surface area contributed by atoms with Crippen molar-refractivity contribution in [1.82, 2.24) is 4.90 Å². The fourth-order valence-corrected chi connectivity index (χ4v) is 5.23. The number of carbonyl (C=O) groups is 1. The predicted octanol–water partition coefficient (Wildman–Crippen LogP) is 3.83. The molecule has 0 aromatic carbocycles. The van der Waals surface area contributed by atoms with Gasteiger partial charge in [-0.3, -0.25) is 9.69 Å². The van der Waals surface area contributed by atoms with Gasteiger partial charge in [-0.2, -0.15) is 11.3 Å². The molecule has 2 fully saturated rings. The van der Waals surface area contributed by atoms with E-state index in [9.17, 15) is 4.79 Å². The summed E-state index contributed by atoms with van der Waals surface area (Å²) in [7, 11) is 0. The average molecular weight is 332 g/mol. The second kappa shape index (κ2) is 5.80. The molecule has 0 N–H and O–H groups in total. The summed E-state index contributed by atoms with van der Waals surface area (Å²) in [4.78, 5) is 18.9. The maximum Gasteiger partial charge on any atom is 0.234 e. The third-order valence-electron chi connectivity index (χ3n) is 4.95. The molecule has 2 aromatic heterocycles. The Labute approximate surface area is 139 Å². The van der Waals surface area contributed by atoms with E-state index in [4.69, 9.17) is 0 Å². The van der Waals surface area contributed by atoms with Crippen molar-refractivity contribution in [2.45, 2.75) is 25.8 Å². The summed E-state index contributed by atoms with van der Waals surface area (Å²) in [5, 5.41) is 6.27. The first-order valence-electron chi connectivity index (χ1n) is 7.86. The standard InChI is InChI=1S/C17H20N2OS2/c20-16-17(6-8-19(16)14-4-10-21-12-14)5-2-7-18(13-17)11-15-3-1-9-22-15/h1,3-4,9-10,12H,2,5-8,11,13H2. The Morgan fingerprint density at radius 1 is 1.18 bits per heavy atom. The third-order valence-corrected chi connectivity index (χ3v) is 6.48. The summed E-state index contributed by atoms with van der Waals surface area (Å²) in [6.07, 6.45) is 3.19. The molecule has 0 radical (unpaired) electrons. The van der Waals surface area contributed by atoms with E-state index in [0.29, 0.717) is 5.91 Å². The first-order valence-corrected chi connectivity index (χ1v) is 9.68. The molecule has 22 heavy (non-hydrogen) atoms. The summed E-state index contributed by atoms with van der Waals surface area (Å²) in [5.41, 5.74) is 0.944. The third kappa shape index (κ3) is 2.51. The Bertz CT molecular complexity index is 638. The molecule has 5 heteroatoms. The van der Waals surface area contributed by atoms with E-state index in [1.807, 2.05) is 16.2 Å². The van der Waals surface area contributed by atoms with Gasteiger partial charge in [-0.15, -0.1) is 11.3 Å². The monoisotopic (exact) mass is 332 g/mol. The maximum absolute atomic E-state index is 13.0. The molecule has 4 heterocycles. The largest absolute Gasteiger partial charge is 0.311 e. The number of amides is 1. The normalized spacial score (nSPS) is 26.2. The minimum absolute atomic E-state index is 0.141. The second-order valence-corrected chi connectivity index (χ2v) is 8.17. The molecule has 1 spiro atoms. The average Bonchev–Trinajstić information content (AvgIpc) is 3.24. The molecule has 1 amide bonds. The fraction of sp³-hybridized carbons (Fsp3) is 0.471. The van der Waals surface area contributed by atoms with Gasteiger partial charge in [0.25, 0.3) is 0 Å². The van der Waals surface area contributed by atoms with Crippen LogP contribution in [0.3, 0.4) is 0 Å². The number of thiophene rings is 2. The summed E-state index contributed by atoms with van der Waals surface area (Å²) in [6, 6.07) is 6.37. The van der Waals surface area contributed by atoms with Crippen molar-refractivity contribution < 1.29 is 4.79 Å². The second-order valence-electron chi connectivity index (χ2n) is 6.36. The lowest BCUT2D eigenvalue weighted by molar-refractivity contribution is -0.128. The number of rotatable bonds is 3. The van der Waals surface area contributed by atoms with Crippen molar-refractivity contribution in [1.29, 1.82) is 0 Å². The van der Waals surface area contributed by atoms with Crippen molar-refractivity contribution in [3.05, 3.63) is 39.2 Å². The molecule has 2 aliphatic heterocycles. The van der Waals surface area contributed by atoms with Crippen LogP contribution < -0.4 is 4.90 Å². The molecule has 4 rings (SSSR count). The molecule has 0 saturated carbocycles. The molecule has 2 saturated heterocycles. The zero-order valence-electron chi connectivity index (χ0n) is 12.5. The highest BCUT2D eigenvalue weighted by Gasteiger charge is 2.49. The summed E-state index contributed by atoms with van der Waals surface area (Å²) in [6.45, 7) is 3.91. The van der Waals surface area contributed by atoms with Crippen molar-refractivity contribution >= 4 is 34.3 Å². The molecule has 0 aliphatic carbocycles. The van der Waals surface area contributed by atoms with Crippen LogP contribution in [-0.2, 0) is 11.3 Å². The number of piperidine rings is 1. The highest BCUT2D eigenvalue weighted by molar-refractivity contribution is 7.09. The van der Waals surface area contributed by atoms with Crippen molar-refractivity contribution in [3.63, 3.8) is 0 Å². The van der Waals surface area contributed by atoms with E-state index in [1.165, 1.54) is 4.88 Å². The van der Waals surface area contributed by atoms with Gasteiger partial charge in [-0.05, 0) is 48.7 Å². The minimum atomic E-state index is -0.141. The van der Waals surface area contributed by atoms with Crippen LogP contribution >= 0.6 is 22.7 Å². The Balaban J connectivity index is 1.50. The Morgan fingerprint density at radius 2 is 2.14 bits per heavy atom. The topological polar surface area (TPSA) is 23.6 Å². The summed E-state index contributed by atoms with van der Waals surface area (Å²) >= 11 is 3.48. The predicted molar refractivity (Wildman–Crippen MR) is 92.6 cm³/mol. The van der Waals surface area contributed by atoms with Gasteiger partial charge in [0, 0.05) is 29.9 Å². The van der Waals surface area contributed by atoms with E-state index >= 15 is 0 Å². The quantitative estimate of drug-likeness (QED) is 0.853. The highest BCUT2D eigenvalue weighted by atomic mass is 32.1. The van der Waals surface area contributed by atoms with Crippen LogP contribution in [0.2, 0.25) is 0 Å². The highest BCUT2D eigenvalue weighted by Crippen LogP contribution is 2.42. The minimum Gasteiger partial charge on any atom is -0.311 e. The molecule has 3 nitrogen and oxygen atoms in total. The number of hydrogen-bond acceptors (Lipinski definition) is 4. The van der Waals surface area contributed by atoms with Gasteiger partial charge in [0.05, 0.1) is 11.1 Å². The number of likely N-dealkylation sites (tertiary alicyclic amines) is 1. The Morgan fingerprint density at radius 3 is 2.91 bits per heavy atom. The summed E-state index contributed by atoms with van der Waals surface area (Å²) < 4.78 is 0. The molecule has 1 atom stereocenters. The van der Waals surface area contributed by atoms with Crippen LogP contribution in [0, 0.1) is 5.41 Å². The van der Waals surface area contributed by atoms with Crippen LogP contribution in [0.5, 0.6) is 0 Å². The van der Waals surface area contributed by atoms with Crippen LogP contribution in [-0.4, -0.2) is 30.4 Å². The van der Waals surface area contributed by atoms with Crippen LogP contribution in [0.4, 0.5) is 5.69 Å². The lowest BCUT2D eigenvalue weighted by Gasteiger charge is -2.38. The number of carbonyl (C=O) groups excluding carboxylic acids is 1.